The molecule has 0 saturated heterocycles. The highest BCUT2D eigenvalue weighted by molar-refractivity contribution is 7.88. The van der Waals surface area contributed by atoms with Crippen molar-refractivity contribution in [2.45, 2.75) is 0 Å². The molecule has 1 aromatic rings. The normalized spacial score (nSPS) is 11.1. The summed E-state index contributed by atoms with van der Waals surface area (Å²) in [5.41, 5.74) is 0. The first-order chi connectivity index (χ1) is 7.51. The van der Waals surface area contributed by atoms with Crippen LogP contribution in [0.25, 0.3) is 0 Å². The van der Waals surface area contributed by atoms with Gasteiger partial charge >= 0.3 is 0 Å². The van der Waals surface area contributed by atoms with E-state index in [1.54, 1.807) is 13.1 Å². The van der Waals surface area contributed by atoms with Crippen molar-refractivity contribution in [3.8, 4) is 0 Å². The molecule has 1 rings (SSSR count). The summed E-state index contributed by atoms with van der Waals surface area (Å²) in [6, 6.07) is 1.74. The van der Waals surface area contributed by atoms with Gasteiger partial charge in [-0.2, -0.15) is 0 Å². The van der Waals surface area contributed by atoms with Crippen LogP contribution in [0.3, 0.4) is 0 Å². The molecule has 0 fully saturated rings. The van der Waals surface area contributed by atoms with E-state index < -0.39 is 10.0 Å². The third-order valence-electron chi connectivity index (χ3n) is 1.72. The minimum atomic E-state index is -3.13. The summed E-state index contributed by atoms with van der Waals surface area (Å²) in [7, 11) is -1.37. The van der Waals surface area contributed by atoms with Gasteiger partial charge in [0.2, 0.25) is 10.0 Å². The summed E-state index contributed by atoms with van der Waals surface area (Å²) in [5.74, 6) is 1.35. The monoisotopic (exact) mass is 245 g/mol. The third kappa shape index (κ3) is 4.89. The Morgan fingerprint density at radius 2 is 1.94 bits per heavy atom. The van der Waals surface area contributed by atoms with Gasteiger partial charge in [0.1, 0.15) is 18.0 Å². The van der Waals surface area contributed by atoms with Gasteiger partial charge < -0.3 is 10.6 Å². The zero-order valence-electron chi connectivity index (χ0n) is 9.19. The summed E-state index contributed by atoms with van der Waals surface area (Å²) in [6.45, 7) is 0.783. The van der Waals surface area contributed by atoms with Gasteiger partial charge in [0.05, 0.1) is 6.26 Å². The van der Waals surface area contributed by atoms with Crippen LogP contribution in [0.15, 0.2) is 12.4 Å². The van der Waals surface area contributed by atoms with E-state index in [1.165, 1.54) is 6.33 Å². The Balaban J connectivity index is 2.37. The summed E-state index contributed by atoms with van der Waals surface area (Å²) in [4.78, 5) is 7.93. The minimum Gasteiger partial charge on any atom is -0.373 e. The average molecular weight is 245 g/mol. The van der Waals surface area contributed by atoms with Gasteiger partial charge in [0.15, 0.2) is 0 Å². The molecule has 16 heavy (non-hydrogen) atoms. The molecule has 0 aromatic carbocycles. The van der Waals surface area contributed by atoms with Crippen LogP contribution in [0.4, 0.5) is 11.6 Å². The minimum absolute atomic E-state index is 0.317. The lowest BCUT2D eigenvalue weighted by Gasteiger charge is -2.06. The number of rotatable bonds is 6. The van der Waals surface area contributed by atoms with Crippen molar-refractivity contribution in [3.63, 3.8) is 0 Å². The lowest BCUT2D eigenvalue weighted by molar-refractivity contribution is 0.589. The smallest absolute Gasteiger partial charge is 0.208 e. The summed E-state index contributed by atoms with van der Waals surface area (Å²) in [5, 5.41) is 5.85. The first-order valence-corrected chi connectivity index (χ1v) is 6.59. The second-order valence-electron chi connectivity index (χ2n) is 3.13. The number of nitrogens with one attached hydrogen (secondary N) is 3. The van der Waals surface area contributed by atoms with Gasteiger partial charge in [-0.1, -0.05) is 0 Å². The molecule has 1 heterocycles. The van der Waals surface area contributed by atoms with E-state index in [2.05, 4.69) is 25.3 Å². The molecule has 1 aromatic heterocycles. The fraction of sp³-hybridized carbons (Fsp3) is 0.500. The molecule has 0 bridgehead atoms. The van der Waals surface area contributed by atoms with Gasteiger partial charge in [-0.3, -0.25) is 0 Å². The molecule has 0 aliphatic heterocycles. The van der Waals surface area contributed by atoms with Gasteiger partial charge in [-0.05, 0) is 0 Å². The van der Waals surface area contributed by atoms with Crippen LogP contribution in [-0.4, -0.2) is 44.8 Å². The molecular weight excluding hydrogens is 230 g/mol. The Labute approximate surface area is 94.7 Å². The van der Waals surface area contributed by atoms with Crippen molar-refractivity contribution >= 4 is 21.7 Å². The fourth-order valence-electron chi connectivity index (χ4n) is 1.02. The summed E-state index contributed by atoms with van der Waals surface area (Å²) >= 11 is 0. The van der Waals surface area contributed by atoms with E-state index in [4.69, 9.17) is 0 Å². The maximum Gasteiger partial charge on any atom is 0.208 e. The van der Waals surface area contributed by atoms with E-state index in [0.29, 0.717) is 24.7 Å². The molecule has 8 heteroatoms. The van der Waals surface area contributed by atoms with Crippen LogP contribution in [0.5, 0.6) is 0 Å². The zero-order chi connectivity index (χ0) is 12.0. The number of hydrogen-bond acceptors (Lipinski definition) is 6. The quantitative estimate of drug-likeness (QED) is 0.584. The first-order valence-electron chi connectivity index (χ1n) is 4.69. The number of nitrogens with zero attached hydrogens (tertiary/aromatic N) is 2. The van der Waals surface area contributed by atoms with Gasteiger partial charge in [0.25, 0.3) is 0 Å². The van der Waals surface area contributed by atoms with Crippen molar-refractivity contribution < 1.29 is 8.42 Å². The van der Waals surface area contributed by atoms with Crippen molar-refractivity contribution in [2.75, 3.05) is 37.0 Å². The molecule has 0 saturated carbocycles. The van der Waals surface area contributed by atoms with Crippen molar-refractivity contribution in [1.82, 2.24) is 14.7 Å². The highest BCUT2D eigenvalue weighted by atomic mass is 32.2. The molecule has 0 spiro atoms. The second-order valence-corrected chi connectivity index (χ2v) is 4.96. The Hall–Kier alpha value is -1.41. The summed E-state index contributed by atoms with van der Waals surface area (Å²) in [6.07, 6.45) is 2.55. The number of anilines is 2. The Kier molecular flexibility index (Phi) is 4.44. The highest BCUT2D eigenvalue weighted by Gasteiger charge is 1.99. The Morgan fingerprint density at radius 3 is 2.56 bits per heavy atom. The molecule has 0 aliphatic rings. The standard InChI is InChI=1S/C8H15N5O2S/c1-9-7-5-8(12-6-11-7)10-3-4-13-16(2,14)15/h5-6,13H,3-4H2,1-2H3,(H2,9,10,11,12). The van der Waals surface area contributed by atoms with Gasteiger partial charge in [-0.25, -0.2) is 23.1 Å². The molecule has 3 N–H and O–H groups in total. The third-order valence-corrected chi connectivity index (χ3v) is 2.45. The van der Waals surface area contributed by atoms with E-state index in [0.717, 1.165) is 6.26 Å². The second kappa shape index (κ2) is 5.61. The maximum atomic E-state index is 10.8. The van der Waals surface area contributed by atoms with Crippen LogP contribution in [0.2, 0.25) is 0 Å². The van der Waals surface area contributed by atoms with E-state index in [9.17, 15) is 8.42 Å². The number of aromatic nitrogens is 2. The van der Waals surface area contributed by atoms with Crippen LogP contribution in [0.1, 0.15) is 0 Å². The van der Waals surface area contributed by atoms with Crippen molar-refractivity contribution in [3.05, 3.63) is 12.4 Å². The van der Waals surface area contributed by atoms with Crippen LogP contribution >= 0.6 is 0 Å². The zero-order valence-corrected chi connectivity index (χ0v) is 10.0. The predicted octanol–water partition coefficient (Wildman–Crippen LogP) is -0.521. The molecule has 7 nitrogen and oxygen atoms in total. The van der Waals surface area contributed by atoms with Crippen LogP contribution in [0, 0.1) is 0 Å². The van der Waals surface area contributed by atoms with Crippen LogP contribution in [-0.2, 0) is 10.0 Å². The molecule has 0 radical (unpaired) electrons. The molecule has 0 atom stereocenters. The Bertz CT molecular complexity index is 434. The topological polar surface area (TPSA) is 96.0 Å². The van der Waals surface area contributed by atoms with Crippen molar-refractivity contribution in [1.29, 1.82) is 0 Å². The summed E-state index contributed by atoms with van der Waals surface area (Å²) < 4.78 is 23.9. The predicted molar refractivity (Wildman–Crippen MR) is 62.9 cm³/mol. The van der Waals surface area contributed by atoms with Crippen molar-refractivity contribution in [2.24, 2.45) is 0 Å². The lowest BCUT2D eigenvalue weighted by Crippen LogP contribution is -2.27. The first kappa shape index (κ1) is 12.7. The van der Waals surface area contributed by atoms with E-state index in [1.807, 2.05) is 0 Å². The van der Waals surface area contributed by atoms with E-state index in [-0.39, 0.29) is 0 Å². The average Bonchev–Trinajstić information content (AvgIpc) is 2.23. The molecular formula is C8H15N5O2S. The highest BCUT2D eigenvalue weighted by Crippen LogP contribution is 2.06. The SMILES string of the molecule is CNc1cc(NCCNS(C)(=O)=O)ncn1. The molecule has 0 unspecified atom stereocenters. The fourth-order valence-corrected chi connectivity index (χ4v) is 1.49. The largest absolute Gasteiger partial charge is 0.373 e. The van der Waals surface area contributed by atoms with Gasteiger partial charge in [0, 0.05) is 26.2 Å². The number of sulfonamides is 1. The number of hydrogen-bond donors (Lipinski definition) is 3. The molecule has 0 amide bonds. The lowest BCUT2D eigenvalue weighted by atomic mass is 10.5. The van der Waals surface area contributed by atoms with Gasteiger partial charge in [-0.15, -0.1) is 0 Å². The van der Waals surface area contributed by atoms with E-state index >= 15 is 0 Å². The maximum absolute atomic E-state index is 10.8. The molecule has 90 valence electrons. The van der Waals surface area contributed by atoms with Crippen LogP contribution < -0.4 is 15.4 Å². The Morgan fingerprint density at radius 1 is 1.25 bits per heavy atom. The molecule has 0 aliphatic carbocycles.